The van der Waals surface area contributed by atoms with E-state index in [1.54, 1.807) is 43.3 Å². The van der Waals surface area contributed by atoms with Crippen molar-refractivity contribution in [1.29, 1.82) is 0 Å². The molecule has 0 aliphatic rings. The van der Waals surface area contributed by atoms with E-state index in [2.05, 4.69) is 10.0 Å². The van der Waals surface area contributed by atoms with Gasteiger partial charge in [0.2, 0.25) is 15.9 Å². The van der Waals surface area contributed by atoms with Crippen molar-refractivity contribution in [2.75, 3.05) is 12.4 Å². The maximum Gasteiger partial charge on any atom is 0.417 e. The summed E-state index contributed by atoms with van der Waals surface area (Å²) < 4.78 is 73.6. The van der Waals surface area contributed by atoms with Crippen LogP contribution in [0, 0.1) is 6.92 Å². The van der Waals surface area contributed by atoms with Gasteiger partial charge >= 0.3 is 6.18 Å². The molecule has 0 saturated heterocycles. The van der Waals surface area contributed by atoms with Crippen LogP contribution >= 0.6 is 11.6 Å². The third-order valence-corrected chi connectivity index (χ3v) is 6.87. The molecule has 3 aromatic rings. The van der Waals surface area contributed by atoms with Crippen LogP contribution in [-0.2, 0) is 27.4 Å². The number of sulfonamides is 1. The highest BCUT2D eigenvalue weighted by Gasteiger charge is 2.34. The second-order valence-electron chi connectivity index (χ2n) is 7.70. The van der Waals surface area contributed by atoms with E-state index in [0.717, 1.165) is 6.07 Å². The van der Waals surface area contributed by atoms with E-state index in [9.17, 15) is 26.4 Å². The van der Waals surface area contributed by atoms with Crippen LogP contribution in [0.3, 0.4) is 0 Å². The number of carbonyl (C=O) groups is 1. The van der Waals surface area contributed by atoms with Gasteiger partial charge in [0, 0.05) is 5.69 Å². The number of amides is 1. The van der Waals surface area contributed by atoms with Gasteiger partial charge < -0.3 is 10.1 Å². The first-order chi connectivity index (χ1) is 16.4. The van der Waals surface area contributed by atoms with Crippen LogP contribution in [0.4, 0.5) is 18.9 Å². The third kappa shape index (κ3) is 6.74. The van der Waals surface area contributed by atoms with E-state index in [1.165, 1.54) is 25.3 Å². The third-order valence-electron chi connectivity index (χ3n) is 5.04. The van der Waals surface area contributed by atoms with Crippen LogP contribution in [0.15, 0.2) is 71.6 Å². The monoisotopic (exact) mass is 526 g/mol. The van der Waals surface area contributed by atoms with Gasteiger partial charge in [-0.1, -0.05) is 48.0 Å². The van der Waals surface area contributed by atoms with Crippen molar-refractivity contribution in [2.45, 2.75) is 30.5 Å². The fourth-order valence-electron chi connectivity index (χ4n) is 3.33. The Morgan fingerprint density at radius 2 is 1.74 bits per heavy atom. The summed E-state index contributed by atoms with van der Waals surface area (Å²) in [6.07, 6.45) is -4.79. The Hall–Kier alpha value is -3.08. The lowest BCUT2D eigenvalue weighted by Gasteiger charge is -2.20. The Bertz CT molecular complexity index is 1320. The molecule has 0 aliphatic carbocycles. The quantitative estimate of drug-likeness (QED) is 0.422. The van der Waals surface area contributed by atoms with Crippen LogP contribution in [-0.4, -0.2) is 27.5 Å². The predicted molar refractivity (Wildman–Crippen MR) is 127 cm³/mol. The number of hydrogen-bond donors (Lipinski definition) is 2. The van der Waals surface area contributed by atoms with Crippen LogP contribution in [0.1, 0.15) is 16.7 Å². The predicted octanol–water partition coefficient (Wildman–Crippen LogP) is 5.20. The zero-order chi connectivity index (χ0) is 25.8. The minimum absolute atomic E-state index is 0.0558. The molecule has 35 heavy (non-hydrogen) atoms. The molecule has 0 aromatic heterocycles. The smallest absolute Gasteiger partial charge is 0.417 e. The number of alkyl halides is 3. The lowest BCUT2D eigenvalue weighted by molar-refractivity contribution is -0.137. The molecule has 1 atom stereocenters. The standard InChI is InChI=1S/C24H22ClF3N2O4S/c1-15-8-11-21(34-2)22(12-15)35(32,33)30-20(13-16-6-4-3-5-7-16)23(31)29-17-9-10-19(25)18(14-17)24(26,27)28/h3-12,14,20,30H,13H2,1-2H3,(H,29,31)/t20-/m1/s1. The highest BCUT2D eigenvalue weighted by atomic mass is 35.5. The van der Waals surface area contributed by atoms with Gasteiger partial charge in [0.1, 0.15) is 16.7 Å². The molecule has 6 nitrogen and oxygen atoms in total. The van der Waals surface area contributed by atoms with Crippen molar-refractivity contribution in [3.05, 3.63) is 88.4 Å². The van der Waals surface area contributed by atoms with Crippen molar-refractivity contribution in [3.8, 4) is 5.75 Å². The number of methoxy groups -OCH3 is 1. The number of ether oxygens (including phenoxy) is 1. The second-order valence-corrected chi connectivity index (χ2v) is 9.79. The fourth-order valence-corrected chi connectivity index (χ4v) is 5.01. The molecular formula is C24H22ClF3N2O4S. The molecule has 0 radical (unpaired) electrons. The number of aryl methyl sites for hydroxylation is 1. The molecule has 186 valence electrons. The minimum Gasteiger partial charge on any atom is -0.495 e. The summed E-state index contributed by atoms with van der Waals surface area (Å²) in [7, 11) is -2.94. The first-order valence-electron chi connectivity index (χ1n) is 10.3. The number of nitrogens with one attached hydrogen (secondary N) is 2. The van der Waals surface area contributed by atoms with Crippen molar-refractivity contribution in [2.24, 2.45) is 0 Å². The van der Waals surface area contributed by atoms with E-state index in [4.69, 9.17) is 16.3 Å². The molecule has 3 rings (SSSR count). The Balaban J connectivity index is 1.95. The van der Waals surface area contributed by atoms with E-state index in [-0.39, 0.29) is 22.8 Å². The Morgan fingerprint density at radius 1 is 1.06 bits per heavy atom. The van der Waals surface area contributed by atoms with Crippen LogP contribution in [0.25, 0.3) is 0 Å². The number of carbonyl (C=O) groups excluding carboxylic acids is 1. The molecule has 0 unspecified atom stereocenters. The molecule has 3 aromatic carbocycles. The number of rotatable bonds is 8. The highest BCUT2D eigenvalue weighted by molar-refractivity contribution is 7.89. The van der Waals surface area contributed by atoms with Gasteiger partial charge in [-0.25, -0.2) is 8.42 Å². The van der Waals surface area contributed by atoms with Crippen molar-refractivity contribution in [3.63, 3.8) is 0 Å². The Kier molecular flexibility index (Phi) is 8.09. The van der Waals surface area contributed by atoms with Gasteiger partial charge in [0.15, 0.2) is 0 Å². The molecule has 0 aliphatic heterocycles. The average molecular weight is 527 g/mol. The fraction of sp³-hybridized carbons (Fsp3) is 0.208. The van der Waals surface area contributed by atoms with E-state index >= 15 is 0 Å². The molecular weight excluding hydrogens is 505 g/mol. The van der Waals surface area contributed by atoms with Gasteiger partial charge in [-0.3, -0.25) is 4.79 Å². The van der Waals surface area contributed by atoms with E-state index in [0.29, 0.717) is 17.2 Å². The zero-order valence-corrected chi connectivity index (χ0v) is 20.3. The maximum absolute atomic E-state index is 13.2. The Morgan fingerprint density at radius 3 is 2.37 bits per heavy atom. The molecule has 0 saturated carbocycles. The zero-order valence-electron chi connectivity index (χ0n) is 18.7. The number of benzene rings is 3. The summed E-state index contributed by atoms with van der Waals surface area (Å²) in [4.78, 5) is 12.9. The first-order valence-corrected chi connectivity index (χ1v) is 12.2. The van der Waals surface area contributed by atoms with Crippen molar-refractivity contribution in [1.82, 2.24) is 4.72 Å². The summed E-state index contributed by atoms with van der Waals surface area (Å²) in [6, 6.07) is 14.7. The average Bonchev–Trinajstić information content (AvgIpc) is 2.79. The van der Waals surface area contributed by atoms with Crippen LogP contribution < -0.4 is 14.8 Å². The maximum atomic E-state index is 13.2. The van der Waals surface area contributed by atoms with Gasteiger partial charge in [0.05, 0.1) is 17.7 Å². The molecule has 0 spiro atoms. The molecule has 0 heterocycles. The minimum atomic E-state index is -4.73. The molecule has 2 N–H and O–H groups in total. The Labute approximate surface area is 206 Å². The lowest BCUT2D eigenvalue weighted by atomic mass is 10.1. The molecule has 11 heteroatoms. The first kappa shape index (κ1) is 26.5. The van der Waals surface area contributed by atoms with Gasteiger partial charge in [-0.05, 0) is 54.8 Å². The lowest BCUT2D eigenvalue weighted by Crippen LogP contribution is -2.45. The summed E-state index contributed by atoms with van der Waals surface area (Å²) in [5.74, 6) is -0.769. The largest absolute Gasteiger partial charge is 0.495 e. The number of anilines is 1. The van der Waals surface area contributed by atoms with Crippen LogP contribution in [0.2, 0.25) is 5.02 Å². The summed E-state index contributed by atoms with van der Waals surface area (Å²) in [6.45, 7) is 1.70. The summed E-state index contributed by atoms with van der Waals surface area (Å²) in [5.41, 5.74) is -0.0199. The molecule has 1 amide bonds. The van der Waals surface area contributed by atoms with E-state index in [1.807, 2.05) is 0 Å². The molecule has 0 fully saturated rings. The topological polar surface area (TPSA) is 84.5 Å². The van der Waals surface area contributed by atoms with Crippen molar-refractivity contribution >= 4 is 33.2 Å². The van der Waals surface area contributed by atoms with Crippen molar-refractivity contribution < 1.29 is 31.1 Å². The molecule has 0 bridgehead atoms. The van der Waals surface area contributed by atoms with Gasteiger partial charge in [-0.2, -0.15) is 17.9 Å². The van der Waals surface area contributed by atoms with Gasteiger partial charge in [-0.15, -0.1) is 0 Å². The second kappa shape index (κ2) is 10.7. The van der Waals surface area contributed by atoms with E-state index < -0.39 is 38.7 Å². The number of hydrogen-bond acceptors (Lipinski definition) is 4. The SMILES string of the molecule is COc1ccc(C)cc1S(=O)(=O)N[C@H](Cc1ccccc1)C(=O)Nc1ccc(Cl)c(C(F)(F)F)c1. The summed E-state index contributed by atoms with van der Waals surface area (Å²) in [5, 5.41) is 1.84. The highest BCUT2D eigenvalue weighted by Crippen LogP contribution is 2.36. The normalized spacial score (nSPS) is 12.7. The van der Waals surface area contributed by atoms with Crippen LogP contribution in [0.5, 0.6) is 5.75 Å². The number of halogens is 4. The summed E-state index contributed by atoms with van der Waals surface area (Å²) >= 11 is 5.65. The van der Waals surface area contributed by atoms with Gasteiger partial charge in [0.25, 0.3) is 0 Å².